The first-order chi connectivity index (χ1) is 5.65. The van der Waals surface area contributed by atoms with Crippen molar-refractivity contribution in [3.05, 3.63) is 28.2 Å². The highest BCUT2D eigenvalue weighted by atomic mass is 79.9. The molecule has 0 aliphatic rings. The molecule has 13 heavy (non-hydrogen) atoms. The molecule has 2 N–H and O–H groups in total. The Labute approximate surface area is 93.0 Å². The molecule has 0 heterocycles. The van der Waals surface area contributed by atoms with Crippen LogP contribution >= 0.6 is 28.3 Å². The molecule has 0 unspecified atom stereocenters. The molecule has 0 aromatic heterocycles. The van der Waals surface area contributed by atoms with Gasteiger partial charge in [0.25, 0.3) is 0 Å². The summed E-state index contributed by atoms with van der Waals surface area (Å²) >= 11 is 3.37. The zero-order valence-corrected chi connectivity index (χ0v) is 9.98. The Balaban J connectivity index is 0.00000144. The van der Waals surface area contributed by atoms with Gasteiger partial charge in [0, 0.05) is 16.1 Å². The van der Waals surface area contributed by atoms with Crippen LogP contribution in [0, 0.1) is 0 Å². The molecule has 1 atom stereocenters. The average Bonchev–Trinajstić information content (AvgIpc) is 2.03. The summed E-state index contributed by atoms with van der Waals surface area (Å²) in [4.78, 5) is 0. The van der Waals surface area contributed by atoms with E-state index >= 15 is 0 Å². The second-order valence-electron chi connectivity index (χ2n) is 2.67. The fraction of sp³-hybridized carbons (Fsp3) is 0.333. The van der Waals surface area contributed by atoms with Crippen LogP contribution in [0.2, 0.25) is 0 Å². The molecule has 1 rings (SSSR count). The molecule has 4 heteroatoms. The van der Waals surface area contributed by atoms with Gasteiger partial charge in [-0.05, 0) is 19.1 Å². The SMILES string of the molecule is COc1cc(Br)ccc1[C@@H](C)N.Cl. The molecule has 0 saturated heterocycles. The van der Waals surface area contributed by atoms with Crippen LogP contribution in [0.25, 0.3) is 0 Å². The van der Waals surface area contributed by atoms with E-state index in [0.717, 1.165) is 15.8 Å². The second kappa shape index (κ2) is 5.47. The van der Waals surface area contributed by atoms with E-state index in [0.29, 0.717) is 0 Å². The van der Waals surface area contributed by atoms with E-state index in [1.54, 1.807) is 7.11 Å². The molecule has 74 valence electrons. The van der Waals surface area contributed by atoms with Crippen LogP contribution < -0.4 is 10.5 Å². The molecule has 1 aromatic rings. The maximum Gasteiger partial charge on any atom is 0.124 e. The van der Waals surface area contributed by atoms with Crippen molar-refractivity contribution in [2.75, 3.05) is 7.11 Å². The van der Waals surface area contributed by atoms with Crippen molar-refractivity contribution in [1.29, 1.82) is 0 Å². The van der Waals surface area contributed by atoms with Crippen LogP contribution in [0.15, 0.2) is 22.7 Å². The lowest BCUT2D eigenvalue weighted by atomic mass is 10.1. The van der Waals surface area contributed by atoms with Crippen LogP contribution in [-0.4, -0.2) is 7.11 Å². The quantitative estimate of drug-likeness (QED) is 0.893. The number of benzene rings is 1. The van der Waals surface area contributed by atoms with E-state index in [-0.39, 0.29) is 18.4 Å². The van der Waals surface area contributed by atoms with Crippen LogP contribution in [0.4, 0.5) is 0 Å². The fourth-order valence-corrected chi connectivity index (χ4v) is 1.40. The van der Waals surface area contributed by atoms with Gasteiger partial charge in [-0.25, -0.2) is 0 Å². The smallest absolute Gasteiger partial charge is 0.124 e. The van der Waals surface area contributed by atoms with Gasteiger partial charge in [-0.1, -0.05) is 22.0 Å². The molecular weight excluding hydrogens is 253 g/mol. The maximum absolute atomic E-state index is 5.74. The topological polar surface area (TPSA) is 35.2 Å². The van der Waals surface area contributed by atoms with Crippen LogP contribution in [0.3, 0.4) is 0 Å². The lowest BCUT2D eigenvalue weighted by Gasteiger charge is -2.11. The van der Waals surface area contributed by atoms with Crippen LogP contribution in [0.5, 0.6) is 5.75 Å². The van der Waals surface area contributed by atoms with Crippen LogP contribution in [-0.2, 0) is 0 Å². The lowest BCUT2D eigenvalue weighted by molar-refractivity contribution is 0.406. The Kier molecular flexibility index (Phi) is 5.37. The van der Waals surface area contributed by atoms with Crippen molar-refractivity contribution in [2.24, 2.45) is 5.73 Å². The third-order valence-electron chi connectivity index (χ3n) is 1.69. The summed E-state index contributed by atoms with van der Waals surface area (Å²) in [7, 11) is 1.65. The first kappa shape index (κ1) is 12.8. The predicted molar refractivity (Wildman–Crippen MR) is 60.5 cm³/mol. The standard InChI is InChI=1S/C9H12BrNO.ClH/c1-6(11)8-4-3-7(10)5-9(8)12-2;/h3-6H,11H2,1-2H3;1H/t6-;/m1./s1. The Morgan fingerprint density at radius 3 is 2.54 bits per heavy atom. The monoisotopic (exact) mass is 265 g/mol. The predicted octanol–water partition coefficient (Wildman–Crippen LogP) is 2.90. The van der Waals surface area contributed by atoms with Gasteiger partial charge >= 0.3 is 0 Å². The first-order valence-electron chi connectivity index (χ1n) is 3.74. The molecule has 0 spiro atoms. The van der Waals surface area contributed by atoms with Gasteiger partial charge in [-0.2, -0.15) is 0 Å². The Morgan fingerprint density at radius 1 is 1.46 bits per heavy atom. The highest BCUT2D eigenvalue weighted by Crippen LogP contribution is 2.26. The van der Waals surface area contributed by atoms with E-state index < -0.39 is 0 Å². The van der Waals surface area contributed by atoms with E-state index in [4.69, 9.17) is 10.5 Å². The van der Waals surface area contributed by atoms with Crippen molar-refractivity contribution in [2.45, 2.75) is 13.0 Å². The van der Waals surface area contributed by atoms with E-state index in [1.165, 1.54) is 0 Å². The number of methoxy groups -OCH3 is 1. The second-order valence-corrected chi connectivity index (χ2v) is 3.59. The molecule has 2 nitrogen and oxygen atoms in total. The summed E-state index contributed by atoms with van der Waals surface area (Å²) < 4.78 is 6.18. The number of rotatable bonds is 2. The lowest BCUT2D eigenvalue weighted by Crippen LogP contribution is -2.06. The molecule has 0 saturated carbocycles. The third kappa shape index (κ3) is 3.18. The summed E-state index contributed by atoms with van der Waals surface area (Å²) in [5.74, 6) is 0.833. The minimum absolute atomic E-state index is 0. The molecule has 0 fully saturated rings. The van der Waals surface area contributed by atoms with Gasteiger partial charge in [0.2, 0.25) is 0 Å². The maximum atomic E-state index is 5.74. The van der Waals surface area contributed by atoms with Crippen molar-refractivity contribution < 1.29 is 4.74 Å². The van der Waals surface area contributed by atoms with E-state index in [2.05, 4.69) is 15.9 Å². The van der Waals surface area contributed by atoms with Crippen molar-refractivity contribution >= 4 is 28.3 Å². The van der Waals surface area contributed by atoms with Gasteiger partial charge in [-0.15, -0.1) is 12.4 Å². The average molecular weight is 267 g/mol. The fourth-order valence-electron chi connectivity index (χ4n) is 1.06. The normalized spacial score (nSPS) is 11.7. The van der Waals surface area contributed by atoms with Crippen LogP contribution in [0.1, 0.15) is 18.5 Å². The van der Waals surface area contributed by atoms with Gasteiger partial charge in [-0.3, -0.25) is 0 Å². The number of halogens is 2. The van der Waals surface area contributed by atoms with Crippen molar-refractivity contribution in [1.82, 2.24) is 0 Å². The third-order valence-corrected chi connectivity index (χ3v) is 2.18. The molecule has 0 bridgehead atoms. The number of hydrogen-bond donors (Lipinski definition) is 1. The first-order valence-corrected chi connectivity index (χ1v) is 4.53. The van der Waals surface area contributed by atoms with Gasteiger partial charge in [0.05, 0.1) is 7.11 Å². The molecule has 1 aromatic carbocycles. The molecule has 0 radical (unpaired) electrons. The van der Waals surface area contributed by atoms with E-state index in [1.807, 2.05) is 25.1 Å². The summed E-state index contributed by atoms with van der Waals surface area (Å²) in [6.07, 6.45) is 0. The minimum Gasteiger partial charge on any atom is -0.496 e. The summed E-state index contributed by atoms with van der Waals surface area (Å²) in [6.45, 7) is 1.94. The van der Waals surface area contributed by atoms with Crippen molar-refractivity contribution in [3.8, 4) is 5.75 Å². The molecular formula is C9H13BrClNO. The number of ether oxygens (including phenoxy) is 1. The summed E-state index contributed by atoms with van der Waals surface area (Å²) in [5, 5.41) is 0. The molecule has 0 amide bonds. The summed E-state index contributed by atoms with van der Waals surface area (Å²) in [5.41, 5.74) is 6.77. The Morgan fingerprint density at radius 2 is 2.08 bits per heavy atom. The van der Waals surface area contributed by atoms with Gasteiger partial charge in [0.1, 0.15) is 5.75 Å². The van der Waals surface area contributed by atoms with E-state index in [9.17, 15) is 0 Å². The largest absolute Gasteiger partial charge is 0.496 e. The highest BCUT2D eigenvalue weighted by molar-refractivity contribution is 9.10. The zero-order chi connectivity index (χ0) is 9.14. The summed E-state index contributed by atoms with van der Waals surface area (Å²) in [6, 6.07) is 5.85. The van der Waals surface area contributed by atoms with Crippen molar-refractivity contribution in [3.63, 3.8) is 0 Å². The minimum atomic E-state index is 0. The molecule has 0 aliphatic carbocycles. The number of hydrogen-bond acceptors (Lipinski definition) is 2. The Hall–Kier alpha value is -0.250. The van der Waals surface area contributed by atoms with Gasteiger partial charge < -0.3 is 10.5 Å². The molecule has 0 aliphatic heterocycles. The van der Waals surface area contributed by atoms with Gasteiger partial charge in [0.15, 0.2) is 0 Å². The Bertz CT molecular complexity index is 278. The highest BCUT2D eigenvalue weighted by Gasteiger charge is 2.06. The number of nitrogens with two attached hydrogens (primary N) is 1. The zero-order valence-electron chi connectivity index (χ0n) is 7.58.